The first-order chi connectivity index (χ1) is 8.80. The van der Waals surface area contributed by atoms with Crippen molar-refractivity contribution in [2.24, 2.45) is 0 Å². The molecular formula is C13H9F3N2O. The Balaban J connectivity index is 2.68. The second kappa shape index (κ2) is 4.38. The molecule has 1 heterocycles. The minimum Gasteiger partial charge on any atom is -0.267 e. The molecule has 0 aliphatic rings. The van der Waals surface area contributed by atoms with Gasteiger partial charge in [0, 0.05) is 5.22 Å². The molecule has 1 aromatic heterocycles. The number of benzene rings is 1. The fraction of sp³-hybridized carbons (Fsp3) is 0.0769. The van der Waals surface area contributed by atoms with Crippen LogP contribution in [-0.2, 0) is 6.18 Å². The molecule has 6 heteroatoms. The number of hydrogen-bond acceptors (Lipinski definition) is 2. The van der Waals surface area contributed by atoms with E-state index in [1.54, 1.807) is 0 Å². The number of aromatic nitrogens is 2. The van der Waals surface area contributed by atoms with E-state index >= 15 is 0 Å². The predicted octanol–water partition coefficient (Wildman–Crippen LogP) is 1.07. The van der Waals surface area contributed by atoms with Crippen LogP contribution in [0.3, 0.4) is 0 Å². The van der Waals surface area contributed by atoms with Gasteiger partial charge in [-0.15, -0.1) is 0 Å². The molecule has 0 aliphatic carbocycles. The lowest BCUT2D eigenvalue weighted by Crippen LogP contribution is -2.43. The summed E-state index contributed by atoms with van der Waals surface area (Å²) in [6, 6.07) is 4.37. The van der Waals surface area contributed by atoms with Crippen LogP contribution in [0.5, 0.6) is 0 Å². The van der Waals surface area contributed by atoms with E-state index in [0.717, 1.165) is 16.8 Å². The summed E-state index contributed by atoms with van der Waals surface area (Å²) in [6.45, 7) is 7.07. The molecule has 98 valence electrons. The molecule has 2 rings (SSSR count). The predicted molar refractivity (Wildman–Crippen MR) is 65.1 cm³/mol. The summed E-state index contributed by atoms with van der Waals surface area (Å²) < 4.78 is 38.7. The molecule has 1 aromatic carbocycles. The Kier molecular flexibility index (Phi) is 3.01. The third-order valence-corrected chi connectivity index (χ3v) is 2.59. The minimum absolute atomic E-state index is 0.0322. The van der Waals surface area contributed by atoms with Gasteiger partial charge in [-0.05, 0) is 23.4 Å². The first-order valence-electron chi connectivity index (χ1n) is 5.24. The van der Waals surface area contributed by atoms with E-state index in [-0.39, 0.29) is 10.9 Å². The van der Waals surface area contributed by atoms with Gasteiger partial charge in [0.2, 0.25) is 0 Å². The average molecular weight is 266 g/mol. The van der Waals surface area contributed by atoms with Crippen molar-refractivity contribution < 1.29 is 13.2 Å². The highest BCUT2D eigenvalue weighted by atomic mass is 19.4. The van der Waals surface area contributed by atoms with Gasteiger partial charge in [0.25, 0.3) is 5.56 Å². The number of hydrogen-bond donors (Lipinski definition) is 0. The van der Waals surface area contributed by atoms with E-state index in [1.807, 2.05) is 0 Å². The van der Waals surface area contributed by atoms with Crippen molar-refractivity contribution in [3.63, 3.8) is 0 Å². The van der Waals surface area contributed by atoms with Crippen LogP contribution in [0.1, 0.15) is 5.56 Å². The quantitative estimate of drug-likeness (QED) is 0.774. The first-order valence-corrected chi connectivity index (χ1v) is 5.24. The third-order valence-electron chi connectivity index (χ3n) is 2.59. The van der Waals surface area contributed by atoms with Crippen molar-refractivity contribution in [1.82, 2.24) is 9.78 Å². The van der Waals surface area contributed by atoms with Gasteiger partial charge in [-0.25, -0.2) is 0 Å². The Bertz CT molecular complexity index is 778. The average Bonchev–Trinajstić information content (AvgIpc) is 2.35. The summed E-state index contributed by atoms with van der Waals surface area (Å²) >= 11 is 0. The molecule has 0 saturated carbocycles. The maximum Gasteiger partial charge on any atom is 0.416 e. The third kappa shape index (κ3) is 2.42. The Morgan fingerprint density at radius 2 is 1.89 bits per heavy atom. The van der Waals surface area contributed by atoms with Crippen LogP contribution < -0.4 is 16.0 Å². The van der Waals surface area contributed by atoms with Crippen LogP contribution >= 0.6 is 0 Å². The normalized spacial score (nSPS) is 11.5. The largest absolute Gasteiger partial charge is 0.416 e. The zero-order chi connectivity index (χ0) is 14.2. The fourth-order valence-corrected chi connectivity index (χ4v) is 1.52. The zero-order valence-corrected chi connectivity index (χ0v) is 9.74. The van der Waals surface area contributed by atoms with E-state index in [0.29, 0.717) is 5.22 Å². The van der Waals surface area contributed by atoms with Crippen LogP contribution in [0.4, 0.5) is 13.2 Å². The highest BCUT2D eigenvalue weighted by molar-refractivity contribution is 5.36. The van der Waals surface area contributed by atoms with Gasteiger partial charge in [0.15, 0.2) is 0 Å². The van der Waals surface area contributed by atoms with Crippen molar-refractivity contribution in [1.29, 1.82) is 0 Å². The molecule has 0 aliphatic heterocycles. The molecule has 0 unspecified atom stereocenters. The zero-order valence-electron chi connectivity index (χ0n) is 9.74. The number of rotatable bonds is 1. The van der Waals surface area contributed by atoms with E-state index in [2.05, 4.69) is 18.3 Å². The van der Waals surface area contributed by atoms with Gasteiger partial charge in [-0.2, -0.15) is 23.0 Å². The van der Waals surface area contributed by atoms with Gasteiger partial charge in [0.05, 0.1) is 17.4 Å². The monoisotopic (exact) mass is 266 g/mol. The van der Waals surface area contributed by atoms with Crippen molar-refractivity contribution >= 4 is 13.2 Å². The van der Waals surface area contributed by atoms with E-state index in [9.17, 15) is 18.0 Å². The maximum absolute atomic E-state index is 12.6. The van der Waals surface area contributed by atoms with E-state index < -0.39 is 17.3 Å². The first kappa shape index (κ1) is 13.1. The molecular weight excluding hydrogens is 257 g/mol. The highest BCUT2D eigenvalue weighted by Crippen LogP contribution is 2.29. The molecule has 0 N–H and O–H groups in total. The summed E-state index contributed by atoms with van der Waals surface area (Å²) in [6.07, 6.45) is -3.19. The highest BCUT2D eigenvalue weighted by Gasteiger charge is 2.30. The molecule has 0 spiro atoms. The van der Waals surface area contributed by atoms with Crippen molar-refractivity contribution in [3.05, 3.63) is 56.8 Å². The van der Waals surface area contributed by atoms with Crippen LogP contribution in [0, 0.1) is 0 Å². The SMILES string of the molecule is C=c1cnn(-c2cccc(C(F)(F)F)c2)c(=O)c1=C. The molecule has 2 aromatic rings. The number of alkyl halides is 3. The van der Waals surface area contributed by atoms with Crippen LogP contribution in [0.25, 0.3) is 18.8 Å². The second-order valence-corrected chi connectivity index (χ2v) is 3.91. The van der Waals surface area contributed by atoms with Gasteiger partial charge >= 0.3 is 6.18 Å². The lowest BCUT2D eigenvalue weighted by molar-refractivity contribution is -0.137. The van der Waals surface area contributed by atoms with Gasteiger partial charge in [-0.3, -0.25) is 4.79 Å². The topological polar surface area (TPSA) is 34.9 Å². The molecule has 19 heavy (non-hydrogen) atoms. The van der Waals surface area contributed by atoms with E-state index in [4.69, 9.17) is 0 Å². The van der Waals surface area contributed by atoms with Crippen LogP contribution in [0.15, 0.2) is 35.3 Å². The molecule has 0 radical (unpaired) electrons. The number of halogens is 3. The lowest BCUT2D eigenvalue weighted by Gasteiger charge is -2.09. The Morgan fingerprint density at radius 3 is 2.53 bits per heavy atom. The summed E-state index contributed by atoms with van der Waals surface area (Å²) in [5.74, 6) is 0. The molecule has 0 fully saturated rings. The van der Waals surface area contributed by atoms with Crippen LogP contribution in [-0.4, -0.2) is 9.78 Å². The smallest absolute Gasteiger partial charge is 0.267 e. The van der Waals surface area contributed by atoms with E-state index in [1.165, 1.54) is 18.3 Å². The Labute approximate surface area is 105 Å². The fourth-order valence-electron chi connectivity index (χ4n) is 1.52. The minimum atomic E-state index is -4.47. The van der Waals surface area contributed by atoms with Crippen molar-refractivity contribution in [3.8, 4) is 5.69 Å². The molecule has 0 amide bonds. The van der Waals surface area contributed by atoms with Crippen molar-refractivity contribution in [2.75, 3.05) is 0 Å². The van der Waals surface area contributed by atoms with Gasteiger partial charge in [-0.1, -0.05) is 19.2 Å². The molecule has 3 nitrogen and oxygen atoms in total. The Hall–Kier alpha value is -2.37. The van der Waals surface area contributed by atoms with Gasteiger partial charge in [0.1, 0.15) is 0 Å². The molecule has 0 atom stereocenters. The second-order valence-electron chi connectivity index (χ2n) is 3.91. The summed E-state index contributed by atoms with van der Waals surface area (Å²) in [4.78, 5) is 11.9. The summed E-state index contributed by atoms with van der Waals surface area (Å²) in [5.41, 5.74) is -1.40. The number of nitrogens with zero attached hydrogens (tertiary/aromatic N) is 2. The maximum atomic E-state index is 12.6. The van der Waals surface area contributed by atoms with Crippen LogP contribution in [0.2, 0.25) is 0 Å². The standard InChI is InChI=1S/C13H9F3N2O/c1-8-7-17-18(12(19)9(8)2)11-5-3-4-10(6-11)13(14,15)16/h3-7H,1-2H2. The van der Waals surface area contributed by atoms with Gasteiger partial charge < -0.3 is 0 Å². The van der Waals surface area contributed by atoms with Crippen molar-refractivity contribution in [2.45, 2.75) is 6.18 Å². The Morgan fingerprint density at radius 1 is 1.21 bits per heavy atom. The molecule has 0 saturated heterocycles. The summed E-state index contributed by atoms with van der Waals surface area (Å²) in [5, 5.41) is 4.21. The summed E-state index contributed by atoms with van der Waals surface area (Å²) in [7, 11) is 0. The molecule has 0 bridgehead atoms. The lowest BCUT2D eigenvalue weighted by atomic mass is 10.2.